The number of nitrogens with one attached hydrogen (secondary N) is 1. The van der Waals surface area contributed by atoms with Crippen molar-refractivity contribution in [1.82, 2.24) is 19.9 Å². The highest BCUT2D eigenvalue weighted by atomic mass is 16.5. The number of nitrogens with zero attached hydrogens (tertiary/aromatic N) is 4. The van der Waals surface area contributed by atoms with Gasteiger partial charge in [0.25, 0.3) is 0 Å². The first-order valence-electron chi connectivity index (χ1n) is 7.70. The fourth-order valence-corrected chi connectivity index (χ4v) is 2.61. The van der Waals surface area contributed by atoms with E-state index in [1.165, 1.54) is 0 Å². The molecule has 0 aliphatic carbocycles. The topological polar surface area (TPSA) is 72.8 Å². The first-order chi connectivity index (χ1) is 10.7. The number of hydrogen-bond donors (Lipinski definition) is 1. The van der Waals surface area contributed by atoms with Crippen LogP contribution in [0.2, 0.25) is 0 Å². The molecule has 22 heavy (non-hydrogen) atoms. The van der Waals surface area contributed by atoms with Gasteiger partial charge in [0, 0.05) is 31.2 Å². The normalized spacial score (nSPS) is 21.8. The predicted octanol–water partition coefficient (Wildman–Crippen LogP) is 2.55. The standard InChI is InChI=1S/C16H21N5O/c1-11(2)15-9-12(4-8-22-15)20-16-19-5-3-13(21-16)14-10-17-6-7-18-14/h3,5-7,10-12,15H,4,8-9H2,1-2H3,(H,19,20,21). The smallest absolute Gasteiger partial charge is 0.223 e. The fraction of sp³-hybridized carbons (Fsp3) is 0.500. The number of hydrogen-bond acceptors (Lipinski definition) is 6. The van der Waals surface area contributed by atoms with Crippen molar-refractivity contribution in [3.63, 3.8) is 0 Å². The molecule has 2 unspecified atom stereocenters. The molecule has 1 aliphatic heterocycles. The van der Waals surface area contributed by atoms with Crippen LogP contribution >= 0.6 is 0 Å². The molecule has 2 atom stereocenters. The molecule has 1 aliphatic rings. The molecular weight excluding hydrogens is 278 g/mol. The maximum absolute atomic E-state index is 5.80. The lowest BCUT2D eigenvalue weighted by Crippen LogP contribution is -2.37. The average molecular weight is 299 g/mol. The monoisotopic (exact) mass is 299 g/mol. The zero-order valence-corrected chi connectivity index (χ0v) is 12.9. The molecule has 0 spiro atoms. The molecule has 1 fully saturated rings. The Hall–Kier alpha value is -2.08. The Labute approximate surface area is 130 Å². The first-order valence-corrected chi connectivity index (χ1v) is 7.70. The largest absolute Gasteiger partial charge is 0.378 e. The zero-order valence-electron chi connectivity index (χ0n) is 12.9. The summed E-state index contributed by atoms with van der Waals surface area (Å²) in [6.07, 6.45) is 9.02. The Balaban J connectivity index is 1.70. The van der Waals surface area contributed by atoms with Crippen LogP contribution in [0.15, 0.2) is 30.9 Å². The van der Waals surface area contributed by atoms with Crippen LogP contribution in [0.4, 0.5) is 5.95 Å². The van der Waals surface area contributed by atoms with Gasteiger partial charge in [-0.05, 0) is 24.8 Å². The van der Waals surface area contributed by atoms with Crippen LogP contribution in [0.25, 0.3) is 11.4 Å². The van der Waals surface area contributed by atoms with E-state index >= 15 is 0 Å². The molecular formula is C16H21N5O. The van der Waals surface area contributed by atoms with Crippen LogP contribution in [-0.4, -0.2) is 38.7 Å². The van der Waals surface area contributed by atoms with E-state index in [1.807, 2.05) is 6.07 Å². The van der Waals surface area contributed by atoms with Gasteiger partial charge in [-0.3, -0.25) is 9.97 Å². The van der Waals surface area contributed by atoms with E-state index in [1.54, 1.807) is 24.8 Å². The molecule has 6 heteroatoms. The van der Waals surface area contributed by atoms with Crippen LogP contribution in [0.1, 0.15) is 26.7 Å². The molecule has 0 saturated carbocycles. The molecule has 1 N–H and O–H groups in total. The van der Waals surface area contributed by atoms with Crippen molar-refractivity contribution < 1.29 is 4.74 Å². The highest BCUT2D eigenvalue weighted by Gasteiger charge is 2.25. The maximum Gasteiger partial charge on any atom is 0.223 e. The Morgan fingerprint density at radius 2 is 2.09 bits per heavy atom. The maximum atomic E-state index is 5.80. The summed E-state index contributed by atoms with van der Waals surface area (Å²) in [4.78, 5) is 17.2. The number of rotatable bonds is 4. The van der Waals surface area contributed by atoms with E-state index in [4.69, 9.17) is 4.74 Å². The van der Waals surface area contributed by atoms with Crippen molar-refractivity contribution in [3.8, 4) is 11.4 Å². The van der Waals surface area contributed by atoms with Gasteiger partial charge in [0.05, 0.1) is 18.0 Å². The van der Waals surface area contributed by atoms with Crippen LogP contribution in [0.5, 0.6) is 0 Å². The van der Waals surface area contributed by atoms with Gasteiger partial charge in [0.1, 0.15) is 5.69 Å². The van der Waals surface area contributed by atoms with Crippen molar-refractivity contribution >= 4 is 5.95 Å². The molecule has 116 valence electrons. The molecule has 2 aromatic heterocycles. The van der Waals surface area contributed by atoms with E-state index in [9.17, 15) is 0 Å². The molecule has 3 rings (SSSR count). The second-order valence-electron chi connectivity index (χ2n) is 5.88. The van der Waals surface area contributed by atoms with E-state index < -0.39 is 0 Å². The van der Waals surface area contributed by atoms with Gasteiger partial charge in [-0.25, -0.2) is 9.97 Å². The van der Waals surface area contributed by atoms with Crippen molar-refractivity contribution in [3.05, 3.63) is 30.9 Å². The summed E-state index contributed by atoms with van der Waals surface area (Å²) in [5.41, 5.74) is 1.53. The second-order valence-corrected chi connectivity index (χ2v) is 5.88. The summed E-state index contributed by atoms with van der Waals surface area (Å²) in [6.45, 7) is 5.17. The molecule has 1 saturated heterocycles. The van der Waals surface area contributed by atoms with Crippen molar-refractivity contribution in [2.75, 3.05) is 11.9 Å². The first kappa shape index (κ1) is 14.8. The lowest BCUT2D eigenvalue weighted by atomic mass is 9.95. The van der Waals surface area contributed by atoms with E-state index in [-0.39, 0.29) is 0 Å². The van der Waals surface area contributed by atoms with Gasteiger partial charge < -0.3 is 10.1 Å². The quantitative estimate of drug-likeness (QED) is 0.935. The summed E-state index contributed by atoms with van der Waals surface area (Å²) in [5.74, 6) is 1.16. The molecule has 0 amide bonds. The Kier molecular flexibility index (Phi) is 4.58. The number of anilines is 1. The molecule has 2 aromatic rings. The summed E-state index contributed by atoms with van der Waals surface area (Å²) in [5, 5.41) is 3.43. The minimum absolute atomic E-state index is 0.300. The fourth-order valence-electron chi connectivity index (χ4n) is 2.61. The lowest BCUT2D eigenvalue weighted by Gasteiger charge is -2.32. The van der Waals surface area contributed by atoms with E-state index in [0.717, 1.165) is 30.8 Å². The van der Waals surface area contributed by atoms with Crippen molar-refractivity contribution in [2.24, 2.45) is 5.92 Å². The van der Waals surface area contributed by atoms with Crippen LogP contribution < -0.4 is 5.32 Å². The summed E-state index contributed by atoms with van der Waals surface area (Å²) < 4.78 is 5.80. The third-order valence-corrected chi connectivity index (χ3v) is 3.87. The summed E-state index contributed by atoms with van der Waals surface area (Å²) in [6, 6.07) is 2.19. The molecule has 0 bridgehead atoms. The van der Waals surface area contributed by atoms with Gasteiger partial charge in [0.15, 0.2) is 0 Å². The molecule has 6 nitrogen and oxygen atoms in total. The average Bonchev–Trinajstić information content (AvgIpc) is 2.56. The molecule has 0 radical (unpaired) electrons. The van der Waals surface area contributed by atoms with Gasteiger partial charge in [-0.15, -0.1) is 0 Å². The van der Waals surface area contributed by atoms with Gasteiger partial charge in [-0.1, -0.05) is 13.8 Å². The van der Waals surface area contributed by atoms with Gasteiger partial charge in [0.2, 0.25) is 5.95 Å². The van der Waals surface area contributed by atoms with E-state index in [0.29, 0.717) is 24.0 Å². The van der Waals surface area contributed by atoms with E-state index in [2.05, 4.69) is 39.1 Å². The summed E-state index contributed by atoms with van der Waals surface area (Å²) >= 11 is 0. The van der Waals surface area contributed by atoms with Crippen LogP contribution in [-0.2, 0) is 4.74 Å². The van der Waals surface area contributed by atoms with Gasteiger partial charge in [-0.2, -0.15) is 0 Å². The minimum atomic E-state index is 0.300. The Morgan fingerprint density at radius 3 is 2.86 bits per heavy atom. The predicted molar refractivity (Wildman–Crippen MR) is 84.3 cm³/mol. The number of aromatic nitrogens is 4. The molecule has 3 heterocycles. The minimum Gasteiger partial charge on any atom is -0.378 e. The Morgan fingerprint density at radius 1 is 1.18 bits per heavy atom. The van der Waals surface area contributed by atoms with Crippen LogP contribution in [0.3, 0.4) is 0 Å². The van der Waals surface area contributed by atoms with Crippen molar-refractivity contribution in [2.45, 2.75) is 38.8 Å². The van der Waals surface area contributed by atoms with Crippen LogP contribution in [0, 0.1) is 5.92 Å². The SMILES string of the molecule is CC(C)C1CC(Nc2nccc(-c3cnccn3)n2)CCO1. The van der Waals surface area contributed by atoms with Crippen molar-refractivity contribution in [1.29, 1.82) is 0 Å². The van der Waals surface area contributed by atoms with Gasteiger partial charge >= 0.3 is 0 Å². The molecule has 0 aromatic carbocycles. The highest BCUT2D eigenvalue weighted by Crippen LogP contribution is 2.22. The Bertz CT molecular complexity index is 604. The third kappa shape index (κ3) is 3.57. The summed E-state index contributed by atoms with van der Waals surface area (Å²) in [7, 11) is 0. The highest BCUT2D eigenvalue weighted by molar-refractivity contribution is 5.53. The zero-order chi connectivity index (χ0) is 15.4. The second kappa shape index (κ2) is 6.79. The lowest BCUT2D eigenvalue weighted by molar-refractivity contribution is -0.0161. The third-order valence-electron chi connectivity index (χ3n) is 3.87. The number of ether oxygens (including phenoxy) is 1.